The van der Waals surface area contributed by atoms with Crippen LogP contribution in [0.25, 0.3) is 72.0 Å². The summed E-state index contributed by atoms with van der Waals surface area (Å²) in [6.45, 7) is 9.42. The summed E-state index contributed by atoms with van der Waals surface area (Å²) in [5.41, 5.74) is 22.5. The van der Waals surface area contributed by atoms with E-state index >= 15 is 0 Å². The number of fused-ring (bicyclic) bond motifs is 9. The van der Waals surface area contributed by atoms with Crippen molar-refractivity contribution in [2.75, 3.05) is 4.90 Å². The third-order valence-electron chi connectivity index (χ3n) is 14.0. The summed E-state index contributed by atoms with van der Waals surface area (Å²) in [5, 5.41) is 2.52. The fourth-order valence-corrected chi connectivity index (χ4v) is 10.9. The molecule has 0 fully saturated rings. The topological polar surface area (TPSA) is 8.17 Å². The van der Waals surface area contributed by atoms with E-state index in [0.29, 0.717) is 0 Å². The van der Waals surface area contributed by atoms with Gasteiger partial charge in [-0.25, -0.2) is 0 Å². The molecule has 62 heavy (non-hydrogen) atoms. The largest absolute Gasteiger partial charge is 0.310 e. The first-order valence-electron chi connectivity index (χ1n) is 21.8. The lowest BCUT2D eigenvalue weighted by molar-refractivity contribution is 0.660. The molecule has 0 amide bonds. The van der Waals surface area contributed by atoms with E-state index < -0.39 is 0 Å². The Morgan fingerprint density at radius 3 is 1.74 bits per heavy atom. The number of hydrogen-bond acceptors (Lipinski definition) is 1. The molecule has 2 nitrogen and oxygen atoms in total. The molecule has 2 heteroatoms. The van der Waals surface area contributed by atoms with Crippen molar-refractivity contribution in [2.45, 2.75) is 38.5 Å². The van der Waals surface area contributed by atoms with Gasteiger partial charge in [-0.05, 0) is 127 Å². The summed E-state index contributed by atoms with van der Waals surface area (Å²) in [6, 6.07) is 76.5. The van der Waals surface area contributed by atoms with Gasteiger partial charge in [0.2, 0.25) is 0 Å². The second kappa shape index (κ2) is 13.5. The highest BCUT2D eigenvalue weighted by molar-refractivity contribution is 6.10. The van der Waals surface area contributed by atoms with Crippen LogP contribution in [0.5, 0.6) is 0 Å². The minimum atomic E-state index is -0.0675. The monoisotopic (exact) mass is 794 g/mol. The molecule has 296 valence electrons. The molecule has 0 atom stereocenters. The molecular weight excluding hydrogens is 749 g/mol. The number of hydrogen-bond donors (Lipinski definition) is 0. The van der Waals surface area contributed by atoms with Gasteiger partial charge in [0.15, 0.2) is 0 Å². The van der Waals surface area contributed by atoms with Gasteiger partial charge in [-0.3, -0.25) is 0 Å². The molecule has 1 aromatic heterocycles. The zero-order valence-corrected chi connectivity index (χ0v) is 35.5. The van der Waals surface area contributed by atoms with Crippen LogP contribution >= 0.6 is 0 Å². The molecule has 1 heterocycles. The highest BCUT2D eigenvalue weighted by atomic mass is 15.1. The minimum absolute atomic E-state index is 0.0650. The van der Waals surface area contributed by atoms with Gasteiger partial charge >= 0.3 is 0 Å². The predicted molar refractivity (Wildman–Crippen MR) is 261 cm³/mol. The molecule has 2 aliphatic rings. The van der Waals surface area contributed by atoms with Crippen molar-refractivity contribution in [2.24, 2.45) is 0 Å². The SMILES string of the molecule is CC1(C)c2ccccc2-c2cc(N(c3ccc(-c4ccc5c6ccccc6n(-c6ccccc6)c5c4)cc3)c3cccc(-c4cccc5c4-c4ccccc4C5(C)C)c3)ccc21. The Balaban J connectivity index is 1.00. The van der Waals surface area contributed by atoms with Crippen molar-refractivity contribution in [3.8, 4) is 50.2 Å². The van der Waals surface area contributed by atoms with Crippen LogP contribution in [0, 0.1) is 0 Å². The van der Waals surface area contributed by atoms with Crippen molar-refractivity contribution in [3.05, 3.63) is 229 Å². The Bertz CT molecular complexity index is 3400. The average molecular weight is 795 g/mol. The maximum atomic E-state index is 2.44. The summed E-state index contributed by atoms with van der Waals surface area (Å²) in [7, 11) is 0. The third-order valence-corrected chi connectivity index (χ3v) is 14.0. The highest BCUT2D eigenvalue weighted by Crippen LogP contribution is 2.53. The van der Waals surface area contributed by atoms with Crippen molar-refractivity contribution in [3.63, 3.8) is 0 Å². The lowest BCUT2D eigenvalue weighted by Crippen LogP contribution is -2.15. The first kappa shape index (κ1) is 36.4. The van der Waals surface area contributed by atoms with Crippen molar-refractivity contribution < 1.29 is 0 Å². The molecule has 0 saturated carbocycles. The van der Waals surface area contributed by atoms with Crippen LogP contribution in [0.4, 0.5) is 17.1 Å². The molecule has 10 aromatic rings. The van der Waals surface area contributed by atoms with Gasteiger partial charge in [-0.2, -0.15) is 0 Å². The van der Waals surface area contributed by atoms with Gasteiger partial charge in [-0.15, -0.1) is 0 Å². The minimum Gasteiger partial charge on any atom is -0.310 e. The number of nitrogens with zero attached hydrogens (tertiary/aromatic N) is 2. The Morgan fingerprint density at radius 1 is 0.339 bits per heavy atom. The molecule has 0 bridgehead atoms. The van der Waals surface area contributed by atoms with E-state index in [1.165, 1.54) is 88.6 Å². The first-order chi connectivity index (χ1) is 30.3. The highest BCUT2D eigenvalue weighted by Gasteiger charge is 2.37. The van der Waals surface area contributed by atoms with Gasteiger partial charge in [-0.1, -0.05) is 173 Å². The van der Waals surface area contributed by atoms with Gasteiger partial charge in [0.1, 0.15) is 0 Å². The molecule has 0 radical (unpaired) electrons. The predicted octanol–water partition coefficient (Wildman–Crippen LogP) is 16.2. The van der Waals surface area contributed by atoms with E-state index in [2.05, 4.69) is 243 Å². The van der Waals surface area contributed by atoms with E-state index in [9.17, 15) is 0 Å². The maximum Gasteiger partial charge on any atom is 0.0547 e. The van der Waals surface area contributed by atoms with Crippen LogP contribution in [-0.2, 0) is 10.8 Å². The average Bonchev–Trinajstić information content (AvgIpc) is 3.86. The van der Waals surface area contributed by atoms with Crippen LogP contribution in [0.3, 0.4) is 0 Å². The normalized spacial score (nSPS) is 14.1. The number of benzene rings is 9. The van der Waals surface area contributed by atoms with Crippen molar-refractivity contribution >= 4 is 38.9 Å². The number of anilines is 3. The van der Waals surface area contributed by atoms with E-state index in [4.69, 9.17) is 0 Å². The van der Waals surface area contributed by atoms with E-state index in [0.717, 1.165) is 22.7 Å². The zero-order chi connectivity index (χ0) is 41.7. The quantitative estimate of drug-likeness (QED) is 0.163. The standard InChI is InChI=1S/C60H46N2/c1-59(2)52-24-11-8-20-47(52)51-38-45(33-35-54(51)59)61(44-19-14-16-41(36-44)46-23-15-26-55-58(46)50-22-9-12-25-53(50)60(55,3)4)43-31-28-39(29-32-43)40-30-34-49-48-21-10-13-27-56(48)62(57(49)37-40)42-17-6-5-7-18-42/h5-38H,1-4H3. The van der Waals surface area contributed by atoms with Crippen molar-refractivity contribution in [1.82, 2.24) is 4.57 Å². The van der Waals surface area contributed by atoms with Crippen LogP contribution < -0.4 is 4.90 Å². The van der Waals surface area contributed by atoms with Crippen LogP contribution in [0.1, 0.15) is 49.9 Å². The Kier molecular flexibility index (Phi) is 7.96. The van der Waals surface area contributed by atoms with E-state index in [1.54, 1.807) is 0 Å². The second-order valence-corrected chi connectivity index (χ2v) is 18.2. The van der Waals surface area contributed by atoms with Crippen molar-refractivity contribution in [1.29, 1.82) is 0 Å². The van der Waals surface area contributed by atoms with Gasteiger partial charge in [0, 0.05) is 44.4 Å². The van der Waals surface area contributed by atoms with Crippen LogP contribution in [-0.4, -0.2) is 4.57 Å². The molecule has 2 aliphatic carbocycles. The molecule has 0 aliphatic heterocycles. The summed E-state index contributed by atoms with van der Waals surface area (Å²) in [6.07, 6.45) is 0. The molecule has 0 spiro atoms. The van der Waals surface area contributed by atoms with E-state index in [1.807, 2.05) is 0 Å². The summed E-state index contributed by atoms with van der Waals surface area (Å²) in [4.78, 5) is 2.44. The number of rotatable bonds is 6. The number of aromatic nitrogens is 1. The van der Waals surface area contributed by atoms with E-state index in [-0.39, 0.29) is 10.8 Å². The summed E-state index contributed by atoms with van der Waals surface area (Å²) >= 11 is 0. The van der Waals surface area contributed by atoms with Gasteiger partial charge < -0.3 is 9.47 Å². The molecule has 0 unspecified atom stereocenters. The smallest absolute Gasteiger partial charge is 0.0547 e. The Hall–Kier alpha value is -7.42. The van der Waals surface area contributed by atoms with Crippen LogP contribution in [0.2, 0.25) is 0 Å². The van der Waals surface area contributed by atoms with Gasteiger partial charge in [0.25, 0.3) is 0 Å². The maximum absolute atomic E-state index is 2.44. The first-order valence-corrected chi connectivity index (χ1v) is 21.8. The molecule has 0 N–H and O–H groups in total. The molecule has 9 aromatic carbocycles. The molecule has 0 saturated heterocycles. The summed E-state index contributed by atoms with van der Waals surface area (Å²) in [5.74, 6) is 0. The van der Waals surface area contributed by atoms with Crippen LogP contribution in [0.15, 0.2) is 206 Å². The molecular formula is C60H46N2. The Labute approximate surface area is 364 Å². The fraction of sp³-hybridized carbons (Fsp3) is 0.100. The molecule has 12 rings (SSSR count). The third kappa shape index (κ3) is 5.36. The number of para-hydroxylation sites is 2. The lowest BCUT2D eigenvalue weighted by atomic mass is 9.82. The lowest BCUT2D eigenvalue weighted by Gasteiger charge is -2.28. The Morgan fingerprint density at radius 2 is 0.919 bits per heavy atom. The fourth-order valence-electron chi connectivity index (χ4n) is 10.9. The zero-order valence-electron chi connectivity index (χ0n) is 35.5. The summed E-state index contributed by atoms with van der Waals surface area (Å²) < 4.78 is 2.40. The van der Waals surface area contributed by atoms with Gasteiger partial charge in [0.05, 0.1) is 11.0 Å². The second-order valence-electron chi connectivity index (χ2n) is 18.2.